The van der Waals surface area contributed by atoms with Gasteiger partial charge in [0.05, 0.1) is 31.7 Å². The molecule has 0 radical (unpaired) electrons. The van der Waals surface area contributed by atoms with Crippen LogP contribution in [0.4, 0.5) is 5.82 Å². The number of aromatic nitrogens is 6. The number of ether oxygens (including phenoxy) is 2. The predicted octanol–water partition coefficient (Wildman–Crippen LogP) is -3.71. The second-order valence-corrected chi connectivity index (χ2v) is 19.0. The molecule has 0 spiro atoms. The Hall–Kier alpha value is -3.11. The maximum Gasteiger partial charge on any atom is 0.330 e. The third-order valence-corrected chi connectivity index (χ3v) is 14.8. The molecule has 5 heterocycles. The van der Waals surface area contributed by atoms with Crippen molar-refractivity contribution < 1.29 is 93.3 Å². The number of H-pyrrole nitrogens is 1. The molecule has 2 saturated heterocycles. The molecule has 5 unspecified atom stereocenters. The predicted molar refractivity (Wildman–Crippen MR) is 167 cm³/mol. The lowest BCUT2D eigenvalue weighted by Gasteiger charge is -2.37. The van der Waals surface area contributed by atoms with E-state index in [-0.39, 0.29) is 29.0 Å². The first-order valence-corrected chi connectivity index (χ1v) is 22.3. The minimum Gasteiger partial charge on any atom is -0.756 e. The van der Waals surface area contributed by atoms with E-state index in [4.69, 9.17) is 20.7 Å². The average molecular weight is 911 g/mol. The van der Waals surface area contributed by atoms with Gasteiger partial charge in [-0.05, 0) is 12.5 Å². The van der Waals surface area contributed by atoms with Crippen molar-refractivity contribution in [3.63, 3.8) is 0 Å². The number of imidazole rings is 1. The van der Waals surface area contributed by atoms with Crippen LogP contribution in [0.5, 0.6) is 0 Å². The maximum atomic E-state index is 12.2. The molecule has 3 aromatic heterocycles. The van der Waals surface area contributed by atoms with E-state index in [1.165, 1.54) is 6.92 Å². The van der Waals surface area contributed by atoms with E-state index in [1.54, 1.807) is 0 Å². The number of nitrogens with one attached hydrogen (secondary N) is 1. The number of rotatable bonds is 17. The molecule has 37 heteroatoms. The lowest BCUT2D eigenvalue weighted by atomic mass is 10.1. The molecule has 3 aromatic rings. The van der Waals surface area contributed by atoms with Crippen molar-refractivity contribution in [3.8, 4) is 0 Å². The number of nitrogen functional groups attached to an aromatic ring is 1. The van der Waals surface area contributed by atoms with E-state index >= 15 is 0 Å². The minimum absolute atomic E-state index is 0.0119. The zero-order valence-corrected chi connectivity index (χ0v) is 32.3. The molecule has 0 aromatic carbocycles. The molecule has 2 aliphatic heterocycles. The number of azide groups is 1. The van der Waals surface area contributed by atoms with Gasteiger partial charge in [-0.1, -0.05) is 5.11 Å². The Morgan fingerprint density at radius 3 is 2.04 bits per heavy atom. The van der Waals surface area contributed by atoms with E-state index in [0.29, 0.717) is 0 Å². The van der Waals surface area contributed by atoms with E-state index in [1.807, 2.05) is 4.98 Å². The van der Waals surface area contributed by atoms with Crippen molar-refractivity contribution >= 4 is 56.1 Å². The van der Waals surface area contributed by atoms with Crippen LogP contribution in [0.3, 0.4) is 0 Å². The first-order chi connectivity index (χ1) is 26.3. The lowest BCUT2D eigenvalue weighted by Crippen LogP contribution is -2.34. The van der Waals surface area contributed by atoms with Crippen LogP contribution < -0.4 is 41.4 Å². The molecular formula is C20H24N10O22P5-5. The number of phosphoric acid groups is 5. The molecule has 2 aliphatic rings. The van der Waals surface area contributed by atoms with Gasteiger partial charge in [0.1, 0.15) is 36.4 Å². The average Bonchev–Trinajstić information content (AvgIpc) is 3.75. The first kappa shape index (κ1) is 45.0. The summed E-state index contributed by atoms with van der Waals surface area (Å²) in [7, 11) is -32.9. The van der Waals surface area contributed by atoms with Crippen LogP contribution in [-0.2, 0) is 58.6 Å². The highest BCUT2D eigenvalue weighted by molar-refractivity contribution is 7.70. The van der Waals surface area contributed by atoms with E-state index in [2.05, 4.69) is 51.3 Å². The normalized spacial score (nSPS) is 29.1. The summed E-state index contributed by atoms with van der Waals surface area (Å²) in [5.74, 6) is -0.0670. The van der Waals surface area contributed by atoms with Crippen molar-refractivity contribution in [2.24, 2.45) is 5.11 Å². The summed E-state index contributed by atoms with van der Waals surface area (Å²) in [4.78, 5) is 101. The third-order valence-electron chi connectivity index (χ3n) is 7.45. The second kappa shape index (κ2) is 16.9. The highest BCUT2D eigenvalue weighted by Crippen LogP contribution is 2.69. The summed E-state index contributed by atoms with van der Waals surface area (Å²) < 4.78 is 95.9. The standard InChI is InChI=1S/C20H29N10O22P5/c1-8-3-29(20(34)26-18(8)33)12-2-9(27-28-22)10(47-12)4-45-53(35,36)49-55(39,40)51-57(43,44)52-56(41,42)50-54(37,38)46-5-11-14(31)15(32)19(48-11)30-7-25-13-16(21)23-6-24-17(13)30/h3,6-7,9-12,14-15,19,31-32H,2,4-5H2,1H3,(H,35,36)(H,37,38)(H,39,40)(H,41,42)(H,43,44)(H2,21,23,24)(H,26,33,34)/p-5/t9-,10-,11-,12-,14+,15+,19+/m1/s1. The van der Waals surface area contributed by atoms with Gasteiger partial charge in [-0.15, -0.1) is 0 Å². The second-order valence-electron chi connectivity index (χ2n) is 11.4. The van der Waals surface area contributed by atoms with Crippen LogP contribution in [0.2, 0.25) is 0 Å². The van der Waals surface area contributed by atoms with Crippen molar-refractivity contribution in [2.45, 2.75) is 56.3 Å². The fourth-order valence-electron chi connectivity index (χ4n) is 5.09. The SMILES string of the molecule is Cc1cn([C@H]2C[C@@H](N=[N+]=[N-])[C@@H](COP(=O)([O-])OP(=O)([O-])OP(=O)([O-])OP(=O)([O-])OP(=O)([O-])OC[C@H]3O[C@H](n4cnc5c(N)ncnc54)[C@@H](O)[C@H]3O)O2)c(=O)[nH]c1=O. The third kappa shape index (κ3) is 11.1. The smallest absolute Gasteiger partial charge is 0.330 e. The molecule has 2 fully saturated rings. The van der Waals surface area contributed by atoms with E-state index in [9.17, 15) is 67.1 Å². The van der Waals surface area contributed by atoms with Crippen LogP contribution in [0, 0.1) is 6.92 Å². The zero-order valence-electron chi connectivity index (χ0n) is 27.8. The Bertz CT molecular complexity index is 2420. The number of hydrogen-bond donors (Lipinski definition) is 4. The summed E-state index contributed by atoms with van der Waals surface area (Å²) in [6, 6.07) is -1.28. The van der Waals surface area contributed by atoms with Crippen LogP contribution >= 0.6 is 39.1 Å². The number of aryl methyl sites for hydroxylation is 1. The van der Waals surface area contributed by atoms with Gasteiger partial charge in [-0.25, -0.2) is 37.0 Å². The quantitative estimate of drug-likeness (QED) is 0.0438. The number of phosphoric ester groups is 2. The lowest BCUT2D eigenvalue weighted by molar-refractivity contribution is -0.256. The van der Waals surface area contributed by atoms with Gasteiger partial charge in [0, 0.05) is 23.1 Å². The number of hydrogen-bond acceptors (Lipinski definition) is 27. The van der Waals surface area contributed by atoms with Gasteiger partial charge < -0.3 is 58.9 Å². The van der Waals surface area contributed by atoms with Crippen molar-refractivity contribution in [2.75, 3.05) is 18.9 Å². The molecule has 0 saturated carbocycles. The molecule has 316 valence electrons. The number of aliphatic hydroxyl groups is 2. The van der Waals surface area contributed by atoms with Crippen molar-refractivity contribution in [1.29, 1.82) is 0 Å². The summed E-state index contributed by atoms with van der Waals surface area (Å²) >= 11 is 0. The maximum absolute atomic E-state index is 12.2. The molecule has 57 heavy (non-hydrogen) atoms. The van der Waals surface area contributed by atoms with Gasteiger partial charge in [-0.3, -0.25) is 41.7 Å². The summed E-state index contributed by atoms with van der Waals surface area (Å²) in [6.07, 6.45) is -6.92. The molecular weight excluding hydrogens is 887 g/mol. The largest absolute Gasteiger partial charge is 0.756 e. The van der Waals surface area contributed by atoms with Gasteiger partial charge in [0.15, 0.2) is 17.7 Å². The Labute approximate surface area is 314 Å². The zero-order chi connectivity index (χ0) is 42.3. The number of fused-ring (bicyclic) bond motifs is 1. The molecule has 0 aliphatic carbocycles. The van der Waals surface area contributed by atoms with E-state index in [0.717, 1.165) is 28.0 Å². The molecule has 0 amide bonds. The Balaban J connectivity index is 1.14. The Kier molecular flexibility index (Phi) is 13.3. The van der Waals surface area contributed by atoms with Gasteiger partial charge in [0.25, 0.3) is 44.7 Å². The van der Waals surface area contributed by atoms with Gasteiger partial charge in [-0.2, -0.15) is 0 Å². The fourth-order valence-corrected chi connectivity index (χ4v) is 11.2. The summed E-state index contributed by atoms with van der Waals surface area (Å²) in [6.45, 7) is -1.18. The first-order valence-electron chi connectivity index (χ1n) is 15.0. The topological polar surface area (TPSA) is 488 Å². The van der Waals surface area contributed by atoms with Crippen LogP contribution in [0.1, 0.15) is 24.4 Å². The number of nitrogens with zero attached hydrogens (tertiary/aromatic N) is 8. The number of nitrogens with two attached hydrogens (primary N) is 1. The Morgan fingerprint density at radius 1 is 0.895 bits per heavy atom. The van der Waals surface area contributed by atoms with Crippen LogP contribution in [-0.4, -0.2) is 83.0 Å². The molecule has 32 nitrogen and oxygen atoms in total. The van der Waals surface area contributed by atoms with Crippen LogP contribution in [0.15, 0.2) is 33.6 Å². The highest BCUT2D eigenvalue weighted by Gasteiger charge is 2.45. The molecule has 0 bridgehead atoms. The fraction of sp³-hybridized carbons (Fsp3) is 0.550. The minimum atomic E-state index is -6.88. The van der Waals surface area contributed by atoms with Gasteiger partial charge in [0.2, 0.25) is 0 Å². The molecule has 5 rings (SSSR count). The van der Waals surface area contributed by atoms with Crippen molar-refractivity contribution in [1.82, 2.24) is 29.1 Å². The number of aliphatic hydroxyl groups excluding tert-OH is 2. The number of aromatic amines is 1. The monoisotopic (exact) mass is 911 g/mol. The Morgan fingerprint density at radius 2 is 1.46 bits per heavy atom. The van der Waals surface area contributed by atoms with E-state index < -0.39 is 106 Å². The summed E-state index contributed by atoms with van der Waals surface area (Å²) in [5, 5.41) is 24.2. The summed E-state index contributed by atoms with van der Waals surface area (Å²) in [5.41, 5.74) is 13.0. The molecule has 12 atom stereocenters. The van der Waals surface area contributed by atoms with Crippen LogP contribution in [0.25, 0.3) is 21.6 Å². The van der Waals surface area contributed by atoms with Gasteiger partial charge >= 0.3 is 5.69 Å². The van der Waals surface area contributed by atoms with Crippen molar-refractivity contribution in [3.05, 3.63) is 55.7 Å². The highest BCUT2D eigenvalue weighted by atomic mass is 31.3. The molecule has 5 N–H and O–H groups in total. The number of anilines is 1.